The molecule has 0 aromatic heterocycles. The summed E-state index contributed by atoms with van der Waals surface area (Å²) in [7, 11) is 0. The molecule has 5 nitrogen and oxygen atoms in total. The molecule has 0 aliphatic heterocycles. The molecule has 4 saturated carbocycles. The molecular formula is C39H58O5. The third-order valence-electron chi connectivity index (χ3n) is 14.1. The van der Waals surface area contributed by atoms with Crippen molar-refractivity contribution >= 4 is 12.0 Å². The average molecular weight is 607 g/mol. The van der Waals surface area contributed by atoms with Gasteiger partial charge in [-0.3, -0.25) is 0 Å². The van der Waals surface area contributed by atoms with Gasteiger partial charge in [0.2, 0.25) is 0 Å². The number of phenolic OH excluding ortho intramolecular Hbond substituents is 1. The highest BCUT2D eigenvalue weighted by Crippen LogP contribution is 2.76. The fourth-order valence-electron chi connectivity index (χ4n) is 11.5. The second-order valence-corrected chi connectivity index (χ2v) is 16.6. The van der Waals surface area contributed by atoms with Crippen LogP contribution >= 0.6 is 0 Å². The third-order valence-corrected chi connectivity index (χ3v) is 14.1. The number of allylic oxidation sites excluding steroid dienone is 1. The van der Waals surface area contributed by atoms with Gasteiger partial charge in [0, 0.05) is 11.5 Å². The highest BCUT2D eigenvalue weighted by molar-refractivity contribution is 5.87. The highest BCUT2D eigenvalue weighted by Gasteiger charge is 2.69. The summed E-state index contributed by atoms with van der Waals surface area (Å²) in [5, 5.41) is 30.7. The standard InChI is InChI=1S/C39H58O5/c1-26(25-40)9-8-21-39(7,43)30-18-23-37(5)29(30)15-16-32-36(4)22-20-33(35(2,3)31(36)19-24-38(32,37)6)44-34(42)17-12-27-10-13-28(41)14-11-27/h9-14,17,29-33,40-41,43H,8,15-16,18-25H2,1-7H3/b17-12+,26-9-/t29?,30?,31?,32?,33-,36-,37+,38+,39?/m0/s1. The molecule has 1 aromatic rings. The van der Waals surface area contributed by atoms with Crippen molar-refractivity contribution in [3.63, 3.8) is 0 Å². The van der Waals surface area contributed by atoms with E-state index in [0.717, 1.165) is 49.7 Å². The smallest absolute Gasteiger partial charge is 0.331 e. The molecule has 244 valence electrons. The van der Waals surface area contributed by atoms with Gasteiger partial charge in [-0.15, -0.1) is 0 Å². The maximum atomic E-state index is 13.0. The summed E-state index contributed by atoms with van der Waals surface area (Å²) in [5.41, 5.74) is 1.66. The molecule has 0 amide bonds. The second-order valence-electron chi connectivity index (χ2n) is 16.6. The first kappa shape index (κ1) is 33.3. The van der Waals surface area contributed by atoms with Crippen LogP contribution in [0.3, 0.4) is 0 Å². The summed E-state index contributed by atoms with van der Waals surface area (Å²) in [6.07, 6.45) is 15.8. The van der Waals surface area contributed by atoms with Gasteiger partial charge in [-0.2, -0.15) is 0 Å². The van der Waals surface area contributed by atoms with Crippen LogP contribution in [-0.2, 0) is 9.53 Å². The van der Waals surface area contributed by atoms with Crippen LogP contribution in [0.25, 0.3) is 6.08 Å². The van der Waals surface area contributed by atoms with E-state index in [9.17, 15) is 20.1 Å². The molecule has 44 heavy (non-hydrogen) atoms. The van der Waals surface area contributed by atoms with Crippen LogP contribution in [0.2, 0.25) is 0 Å². The number of hydrogen-bond acceptors (Lipinski definition) is 5. The first-order valence-corrected chi connectivity index (χ1v) is 17.2. The molecule has 4 aliphatic rings. The zero-order chi connectivity index (χ0) is 32.1. The number of carbonyl (C=O) groups excluding carboxylic acids is 1. The van der Waals surface area contributed by atoms with E-state index in [1.807, 2.05) is 6.92 Å². The van der Waals surface area contributed by atoms with Gasteiger partial charge in [0.15, 0.2) is 0 Å². The lowest BCUT2D eigenvalue weighted by Gasteiger charge is -2.70. The summed E-state index contributed by atoms with van der Waals surface area (Å²) < 4.78 is 6.18. The summed E-state index contributed by atoms with van der Waals surface area (Å²) in [5.74, 6) is 1.88. The van der Waals surface area contributed by atoms with E-state index in [2.05, 4.69) is 47.6 Å². The van der Waals surface area contributed by atoms with Gasteiger partial charge in [-0.05, 0) is 142 Å². The normalized spacial score (nSPS) is 39.7. The van der Waals surface area contributed by atoms with Gasteiger partial charge in [-0.1, -0.05) is 58.4 Å². The lowest BCUT2D eigenvalue weighted by atomic mass is 9.35. The zero-order valence-electron chi connectivity index (χ0n) is 28.4. The van der Waals surface area contributed by atoms with Gasteiger partial charge >= 0.3 is 5.97 Å². The fraction of sp³-hybridized carbons (Fsp3) is 0.718. The summed E-state index contributed by atoms with van der Waals surface area (Å²) in [6.45, 7) is 16.5. The highest BCUT2D eigenvalue weighted by atomic mass is 16.5. The Morgan fingerprint density at radius 2 is 1.64 bits per heavy atom. The number of aliphatic hydroxyl groups is 2. The zero-order valence-corrected chi connectivity index (χ0v) is 28.4. The molecule has 9 atom stereocenters. The monoisotopic (exact) mass is 606 g/mol. The molecule has 0 heterocycles. The number of aromatic hydroxyl groups is 1. The molecule has 0 bridgehead atoms. The molecule has 0 radical (unpaired) electrons. The molecule has 0 spiro atoms. The van der Waals surface area contributed by atoms with Crippen molar-refractivity contribution in [2.45, 2.75) is 124 Å². The van der Waals surface area contributed by atoms with Gasteiger partial charge in [0.25, 0.3) is 0 Å². The minimum atomic E-state index is -0.695. The van der Waals surface area contributed by atoms with Gasteiger partial charge in [0.05, 0.1) is 12.2 Å². The van der Waals surface area contributed by atoms with Crippen LogP contribution in [0, 0.1) is 45.3 Å². The Kier molecular flexibility index (Phi) is 9.01. The molecule has 4 fully saturated rings. The number of benzene rings is 1. The number of hydrogen-bond donors (Lipinski definition) is 3. The van der Waals surface area contributed by atoms with E-state index < -0.39 is 5.60 Å². The van der Waals surface area contributed by atoms with Crippen LogP contribution in [0.15, 0.2) is 42.0 Å². The lowest BCUT2D eigenvalue weighted by Crippen LogP contribution is -2.64. The molecular weight excluding hydrogens is 548 g/mol. The minimum absolute atomic E-state index is 0.0871. The van der Waals surface area contributed by atoms with Crippen molar-refractivity contribution in [2.75, 3.05) is 6.61 Å². The van der Waals surface area contributed by atoms with E-state index >= 15 is 0 Å². The quantitative estimate of drug-likeness (QED) is 0.157. The van der Waals surface area contributed by atoms with Crippen molar-refractivity contribution in [3.05, 3.63) is 47.6 Å². The van der Waals surface area contributed by atoms with Crippen LogP contribution in [0.1, 0.15) is 118 Å². The summed E-state index contributed by atoms with van der Waals surface area (Å²) in [4.78, 5) is 13.0. The van der Waals surface area contributed by atoms with Crippen LogP contribution in [0.5, 0.6) is 5.75 Å². The molecule has 5 unspecified atom stereocenters. The van der Waals surface area contributed by atoms with Gasteiger partial charge in [-0.25, -0.2) is 4.79 Å². The SMILES string of the molecule is C/C(=C/CCC(C)(O)C1CC[C@]2(C)C1CCC1[C@@]3(C)CC[C@H](OC(=O)/C=C/c4ccc(O)cc4)C(C)(C)C3CC[C@]12C)CO. The van der Waals surface area contributed by atoms with Crippen molar-refractivity contribution < 1.29 is 24.9 Å². The Morgan fingerprint density at radius 1 is 0.955 bits per heavy atom. The first-order chi connectivity index (χ1) is 20.6. The Morgan fingerprint density at radius 3 is 2.32 bits per heavy atom. The van der Waals surface area contributed by atoms with Crippen LogP contribution in [0.4, 0.5) is 0 Å². The summed E-state index contributed by atoms with van der Waals surface area (Å²) in [6, 6.07) is 6.81. The number of fused-ring (bicyclic) bond motifs is 5. The van der Waals surface area contributed by atoms with E-state index in [4.69, 9.17) is 4.74 Å². The van der Waals surface area contributed by atoms with E-state index in [1.165, 1.54) is 31.8 Å². The number of phenols is 1. The van der Waals surface area contributed by atoms with Crippen molar-refractivity contribution in [1.29, 1.82) is 0 Å². The predicted molar refractivity (Wildman–Crippen MR) is 177 cm³/mol. The maximum Gasteiger partial charge on any atom is 0.331 e. The van der Waals surface area contributed by atoms with Crippen LogP contribution in [-0.4, -0.2) is 39.6 Å². The number of esters is 1. The van der Waals surface area contributed by atoms with Crippen molar-refractivity contribution in [2.24, 2.45) is 45.3 Å². The lowest BCUT2D eigenvalue weighted by molar-refractivity contribution is -0.229. The van der Waals surface area contributed by atoms with E-state index in [-0.39, 0.29) is 46.1 Å². The topological polar surface area (TPSA) is 87.0 Å². The van der Waals surface area contributed by atoms with Crippen LogP contribution < -0.4 is 0 Å². The Labute approximate surface area is 266 Å². The fourth-order valence-corrected chi connectivity index (χ4v) is 11.5. The number of ether oxygens (including phenoxy) is 1. The molecule has 4 aliphatic carbocycles. The minimum Gasteiger partial charge on any atom is -0.508 e. The molecule has 1 aromatic carbocycles. The van der Waals surface area contributed by atoms with Crippen molar-refractivity contribution in [1.82, 2.24) is 0 Å². The number of aliphatic hydroxyl groups excluding tert-OH is 1. The Hall–Kier alpha value is -2.11. The molecule has 3 N–H and O–H groups in total. The number of rotatable bonds is 8. The Balaban J connectivity index is 1.30. The summed E-state index contributed by atoms with van der Waals surface area (Å²) >= 11 is 0. The molecule has 5 rings (SSSR count). The Bertz CT molecular complexity index is 1260. The largest absolute Gasteiger partial charge is 0.508 e. The molecule has 0 saturated heterocycles. The van der Waals surface area contributed by atoms with E-state index in [0.29, 0.717) is 23.7 Å². The molecule has 5 heteroatoms. The van der Waals surface area contributed by atoms with Gasteiger partial charge in [0.1, 0.15) is 11.9 Å². The van der Waals surface area contributed by atoms with E-state index in [1.54, 1.807) is 30.3 Å². The third kappa shape index (κ3) is 5.59. The average Bonchev–Trinajstić information content (AvgIpc) is 3.33. The first-order valence-electron chi connectivity index (χ1n) is 17.2. The second kappa shape index (κ2) is 11.9. The number of carbonyl (C=O) groups is 1. The predicted octanol–water partition coefficient (Wildman–Crippen LogP) is 8.47. The maximum absolute atomic E-state index is 13.0. The van der Waals surface area contributed by atoms with Gasteiger partial charge < -0.3 is 20.1 Å². The van der Waals surface area contributed by atoms with Crippen molar-refractivity contribution in [3.8, 4) is 5.75 Å².